The van der Waals surface area contributed by atoms with Gasteiger partial charge < -0.3 is 10.2 Å². The highest BCUT2D eigenvalue weighted by Crippen LogP contribution is 2.29. The van der Waals surface area contributed by atoms with E-state index < -0.39 is 0 Å². The number of benzene rings is 1. The Morgan fingerprint density at radius 3 is 2.59 bits per heavy atom. The van der Waals surface area contributed by atoms with E-state index in [0.29, 0.717) is 6.54 Å². The van der Waals surface area contributed by atoms with Gasteiger partial charge in [0.1, 0.15) is 6.54 Å². The standard InChI is InChI=1S/C21H27N5O/c1-15-6-8-17(9-7-15)18-10-12-23-21-20(18)16(2)24-26(21)14-19(27)22-11-5-13-25(3)4/h6-10,12H,5,11,13-14H2,1-4H3,(H,22,27). The molecule has 2 heterocycles. The summed E-state index contributed by atoms with van der Waals surface area (Å²) in [6, 6.07) is 10.4. The third-order valence-corrected chi connectivity index (χ3v) is 4.57. The van der Waals surface area contributed by atoms with Gasteiger partial charge in [0.2, 0.25) is 5.91 Å². The zero-order valence-corrected chi connectivity index (χ0v) is 16.5. The lowest BCUT2D eigenvalue weighted by atomic mass is 10.0. The van der Waals surface area contributed by atoms with Crippen LogP contribution in [0.2, 0.25) is 0 Å². The Labute approximate surface area is 160 Å². The molecule has 0 spiro atoms. The fraction of sp³-hybridized carbons (Fsp3) is 0.381. The number of aromatic nitrogens is 3. The van der Waals surface area contributed by atoms with Gasteiger partial charge in [-0.15, -0.1) is 0 Å². The number of carbonyl (C=O) groups excluding carboxylic acids is 1. The van der Waals surface area contributed by atoms with Crippen LogP contribution in [-0.2, 0) is 11.3 Å². The first-order valence-electron chi connectivity index (χ1n) is 9.26. The number of hydrogen-bond donors (Lipinski definition) is 1. The van der Waals surface area contributed by atoms with Crippen LogP contribution in [0.5, 0.6) is 0 Å². The monoisotopic (exact) mass is 365 g/mol. The molecule has 6 heteroatoms. The number of nitrogens with zero attached hydrogens (tertiary/aromatic N) is 4. The van der Waals surface area contributed by atoms with Gasteiger partial charge in [-0.1, -0.05) is 29.8 Å². The number of nitrogens with one attached hydrogen (secondary N) is 1. The van der Waals surface area contributed by atoms with Gasteiger partial charge in [-0.05, 0) is 58.1 Å². The second kappa shape index (κ2) is 8.31. The van der Waals surface area contributed by atoms with Crippen molar-refractivity contribution in [3.8, 4) is 11.1 Å². The summed E-state index contributed by atoms with van der Waals surface area (Å²) in [6.45, 7) is 5.83. The molecule has 3 rings (SSSR count). The van der Waals surface area contributed by atoms with E-state index >= 15 is 0 Å². The molecule has 0 fully saturated rings. The van der Waals surface area contributed by atoms with Gasteiger partial charge in [-0.2, -0.15) is 5.10 Å². The maximum Gasteiger partial charge on any atom is 0.241 e. The molecule has 0 saturated heterocycles. The number of hydrogen-bond acceptors (Lipinski definition) is 4. The second-order valence-corrected chi connectivity index (χ2v) is 7.17. The minimum Gasteiger partial charge on any atom is -0.354 e. The van der Waals surface area contributed by atoms with Crippen LogP contribution in [0.3, 0.4) is 0 Å². The van der Waals surface area contributed by atoms with E-state index in [1.54, 1.807) is 10.9 Å². The molecule has 6 nitrogen and oxygen atoms in total. The average Bonchev–Trinajstić information content (AvgIpc) is 2.95. The lowest BCUT2D eigenvalue weighted by molar-refractivity contribution is -0.121. The van der Waals surface area contributed by atoms with Gasteiger partial charge in [0.25, 0.3) is 0 Å². The number of pyridine rings is 1. The van der Waals surface area contributed by atoms with Gasteiger partial charge >= 0.3 is 0 Å². The molecule has 3 aromatic rings. The van der Waals surface area contributed by atoms with E-state index in [1.807, 2.05) is 27.1 Å². The molecule has 0 unspecified atom stereocenters. The van der Waals surface area contributed by atoms with Gasteiger partial charge in [-0.25, -0.2) is 9.67 Å². The second-order valence-electron chi connectivity index (χ2n) is 7.17. The number of carbonyl (C=O) groups is 1. The maximum atomic E-state index is 12.3. The molecular weight excluding hydrogens is 338 g/mol. The number of rotatable bonds is 7. The van der Waals surface area contributed by atoms with E-state index in [2.05, 4.69) is 51.5 Å². The molecule has 0 saturated carbocycles. The van der Waals surface area contributed by atoms with Crippen molar-refractivity contribution in [3.05, 3.63) is 47.8 Å². The predicted molar refractivity (Wildman–Crippen MR) is 109 cm³/mol. The summed E-state index contributed by atoms with van der Waals surface area (Å²) in [5.74, 6) is -0.0410. The smallest absolute Gasteiger partial charge is 0.241 e. The van der Waals surface area contributed by atoms with Crippen LogP contribution in [-0.4, -0.2) is 52.8 Å². The highest BCUT2D eigenvalue weighted by atomic mass is 16.2. The van der Waals surface area contributed by atoms with Crippen molar-refractivity contribution >= 4 is 16.9 Å². The lowest BCUT2D eigenvalue weighted by Crippen LogP contribution is -2.30. The summed E-state index contributed by atoms with van der Waals surface area (Å²) in [5.41, 5.74) is 5.07. The molecule has 1 aromatic carbocycles. The van der Waals surface area contributed by atoms with Crippen molar-refractivity contribution in [1.82, 2.24) is 25.0 Å². The van der Waals surface area contributed by atoms with E-state index in [0.717, 1.165) is 40.8 Å². The molecule has 27 heavy (non-hydrogen) atoms. The van der Waals surface area contributed by atoms with E-state index in [4.69, 9.17) is 0 Å². The highest BCUT2D eigenvalue weighted by Gasteiger charge is 2.15. The first-order chi connectivity index (χ1) is 13.0. The Kier molecular flexibility index (Phi) is 5.86. The summed E-state index contributed by atoms with van der Waals surface area (Å²) < 4.78 is 1.70. The molecule has 0 aliphatic heterocycles. The topological polar surface area (TPSA) is 63.1 Å². The molecule has 2 aromatic heterocycles. The summed E-state index contributed by atoms with van der Waals surface area (Å²) >= 11 is 0. The normalized spacial score (nSPS) is 11.3. The van der Waals surface area contributed by atoms with Crippen molar-refractivity contribution in [1.29, 1.82) is 0 Å². The lowest BCUT2D eigenvalue weighted by Gasteiger charge is -2.10. The van der Waals surface area contributed by atoms with Gasteiger partial charge in [0.05, 0.1) is 5.69 Å². The minimum absolute atomic E-state index is 0.0410. The summed E-state index contributed by atoms with van der Waals surface area (Å²) in [4.78, 5) is 18.9. The average molecular weight is 365 g/mol. The number of amides is 1. The third kappa shape index (κ3) is 4.52. The van der Waals surface area contributed by atoms with Crippen LogP contribution < -0.4 is 5.32 Å². The predicted octanol–water partition coefficient (Wildman–Crippen LogP) is 2.78. The zero-order valence-electron chi connectivity index (χ0n) is 16.5. The third-order valence-electron chi connectivity index (χ3n) is 4.57. The van der Waals surface area contributed by atoms with E-state index in [1.165, 1.54) is 5.56 Å². The summed E-state index contributed by atoms with van der Waals surface area (Å²) in [6.07, 6.45) is 2.71. The Morgan fingerprint density at radius 1 is 1.15 bits per heavy atom. The van der Waals surface area contributed by atoms with Crippen molar-refractivity contribution in [3.63, 3.8) is 0 Å². The van der Waals surface area contributed by atoms with Crippen LogP contribution in [0.15, 0.2) is 36.5 Å². The first kappa shape index (κ1) is 19.0. The van der Waals surface area contributed by atoms with Gasteiger partial charge in [-0.3, -0.25) is 4.79 Å². The van der Waals surface area contributed by atoms with Crippen molar-refractivity contribution < 1.29 is 4.79 Å². The fourth-order valence-electron chi connectivity index (χ4n) is 3.18. The molecule has 0 bridgehead atoms. The summed E-state index contributed by atoms with van der Waals surface area (Å²) in [7, 11) is 4.05. The number of aryl methyl sites for hydroxylation is 2. The van der Waals surface area contributed by atoms with Crippen LogP contribution in [0.4, 0.5) is 0 Å². The van der Waals surface area contributed by atoms with E-state index in [-0.39, 0.29) is 12.5 Å². The van der Waals surface area contributed by atoms with Crippen LogP contribution >= 0.6 is 0 Å². The zero-order chi connectivity index (χ0) is 19.4. The molecule has 142 valence electrons. The van der Waals surface area contributed by atoms with Crippen molar-refractivity contribution in [2.24, 2.45) is 0 Å². The van der Waals surface area contributed by atoms with E-state index in [9.17, 15) is 4.79 Å². The molecule has 0 atom stereocenters. The molecule has 1 N–H and O–H groups in total. The van der Waals surface area contributed by atoms with Crippen LogP contribution in [0.1, 0.15) is 17.7 Å². The molecule has 0 aliphatic carbocycles. The largest absolute Gasteiger partial charge is 0.354 e. The van der Waals surface area contributed by atoms with Crippen molar-refractivity contribution in [2.45, 2.75) is 26.8 Å². The van der Waals surface area contributed by atoms with Gasteiger partial charge in [0.15, 0.2) is 5.65 Å². The summed E-state index contributed by atoms with van der Waals surface area (Å²) in [5, 5.41) is 8.54. The molecule has 0 aliphatic rings. The Balaban J connectivity index is 1.81. The SMILES string of the molecule is Cc1ccc(-c2ccnc3c2c(C)nn3CC(=O)NCCCN(C)C)cc1. The molecular formula is C21H27N5O. The highest BCUT2D eigenvalue weighted by molar-refractivity contribution is 5.95. The Bertz CT molecular complexity index is 928. The maximum absolute atomic E-state index is 12.3. The Morgan fingerprint density at radius 2 is 1.89 bits per heavy atom. The first-order valence-corrected chi connectivity index (χ1v) is 9.26. The number of fused-ring (bicyclic) bond motifs is 1. The fourth-order valence-corrected chi connectivity index (χ4v) is 3.18. The quantitative estimate of drug-likeness (QED) is 0.654. The molecule has 0 radical (unpaired) electrons. The van der Waals surface area contributed by atoms with Gasteiger partial charge in [0, 0.05) is 18.1 Å². The van der Waals surface area contributed by atoms with Crippen LogP contribution in [0.25, 0.3) is 22.2 Å². The molecule has 1 amide bonds. The Hall–Kier alpha value is -2.73. The minimum atomic E-state index is -0.0410. The van der Waals surface area contributed by atoms with Crippen LogP contribution in [0, 0.1) is 13.8 Å². The van der Waals surface area contributed by atoms with Crippen molar-refractivity contribution in [2.75, 3.05) is 27.2 Å².